The highest BCUT2D eigenvalue weighted by Gasteiger charge is 2.24. The van der Waals surface area contributed by atoms with Crippen LogP contribution in [0.4, 0.5) is 11.5 Å². The monoisotopic (exact) mass is 249 g/mol. The maximum atomic E-state index is 5.76. The summed E-state index contributed by atoms with van der Waals surface area (Å²) in [4.78, 5) is 4.38. The third-order valence-electron chi connectivity index (χ3n) is 3.61. The van der Waals surface area contributed by atoms with Crippen LogP contribution in [-0.2, 0) is 0 Å². The molecule has 0 aromatic carbocycles. The largest absolute Gasteiger partial charge is 0.479 e. The zero-order chi connectivity index (χ0) is 13.1. The number of rotatable bonds is 3. The van der Waals surface area contributed by atoms with Gasteiger partial charge in [0.25, 0.3) is 0 Å². The molecule has 100 valence electrons. The van der Waals surface area contributed by atoms with E-state index in [1.54, 1.807) is 7.11 Å². The Morgan fingerprint density at radius 1 is 1.22 bits per heavy atom. The van der Waals surface area contributed by atoms with Gasteiger partial charge in [0, 0.05) is 6.04 Å². The molecule has 0 bridgehead atoms. The lowest BCUT2D eigenvalue weighted by atomic mass is 9.80. The van der Waals surface area contributed by atoms with Crippen molar-refractivity contribution < 1.29 is 4.74 Å². The Hall–Kier alpha value is -1.45. The van der Waals surface area contributed by atoms with Gasteiger partial charge in [0.1, 0.15) is 5.82 Å². The Bertz CT molecular complexity index is 398. The minimum atomic E-state index is 0.497. The van der Waals surface area contributed by atoms with Crippen LogP contribution in [0.15, 0.2) is 12.1 Å². The fourth-order valence-corrected chi connectivity index (χ4v) is 2.97. The minimum Gasteiger partial charge on any atom is -0.479 e. The third-order valence-corrected chi connectivity index (χ3v) is 3.61. The van der Waals surface area contributed by atoms with Crippen LogP contribution in [0.5, 0.6) is 5.88 Å². The van der Waals surface area contributed by atoms with Gasteiger partial charge in [-0.1, -0.05) is 13.8 Å². The molecule has 2 unspecified atom stereocenters. The maximum Gasteiger partial charge on any atom is 0.238 e. The van der Waals surface area contributed by atoms with Crippen LogP contribution in [0.25, 0.3) is 0 Å². The first-order chi connectivity index (χ1) is 8.58. The number of nitrogens with one attached hydrogen (secondary N) is 1. The number of hydrogen-bond donors (Lipinski definition) is 2. The fraction of sp³-hybridized carbons (Fsp3) is 0.643. The predicted molar refractivity (Wildman–Crippen MR) is 74.8 cm³/mol. The van der Waals surface area contributed by atoms with E-state index in [1.807, 2.05) is 12.1 Å². The molecule has 3 N–H and O–H groups in total. The number of ether oxygens (including phenoxy) is 1. The number of nitrogens with zero attached hydrogens (tertiary/aromatic N) is 1. The lowest BCUT2D eigenvalue weighted by molar-refractivity contribution is 0.280. The summed E-state index contributed by atoms with van der Waals surface area (Å²) < 4.78 is 5.14. The molecule has 0 saturated heterocycles. The van der Waals surface area contributed by atoms with Gasteiger partial charge in [-0.25, -0.2) is 0 Å². The molecule has 0 spiro atoms. The van der Waals surface area contributed by atoms with Gasteiger partial charge in [-0.15, -0.1) is 0 Å². The summed E-state index contributed by atoms with van der Waals surface area (Å²) in [6.07, 6.45) is 3.74. The minimum absolute atomic E-state index is 0.497. The highest BCUT2D eigenvalue weighted by molar-refractivity contribution is 5.53. The molecule has 0 radical (unpaired) electrons. The maximum absolute atomic E-state index is 5.76. The van der Waals surface area contributed by atoms with Gasteiger partial charge >= 0.3 is 0 Å². The van der Waals surface area contributed by atoms with Crippen molar-refractivity contribution in [1.82, 2.24) is 4.98 Å². The first-order valence-corrected chi connectivity index (χ1v) is 6.65. The summed E-state index contributed by atoms with van der Waals surface area (Å²) in [5, 5.41) is 3.50. The summed E-state index contributed by atoms with van der Waals surface area (Å²) in [5.74, 6) is 2.91. The van der Waals surface area contributed by atoms with Crippen LogP contribution in [0.1, 0.15) is 33.1 Å². The van der Waals surface area contributed by atoms with Gasteiger partial charge in [0.2, 0.25) is 5.88 Å². The quantitative estimate of drug-likeness (QED) is 0.864. The summed E-state index contributed by atoms with van der Waals surface area (Å²) in [6.45, 7) is 4.64. The van der Waals surface area contributed by atoms with E-state index >= 15 is 0 Å². The molecule has 0 amide bonds. The molecule has 1 aromatic heterocycles. The molecule has 0 aliphatic heterocycles. The molecule has 18 heavy (non-hydrogen) atoms. The van der Waals surface area contributed by atoms with E-state index < -0.39 is 0 Å². The molecule has 1 fully saturated rings. The molecule has 1 heterocycles. The lowest BCUT2D eigenvalue weighted by Crippen LogP contribution is -2.30. The van der Waals surface area contributed by atoms with Crippen LogP contribution >= 0.6 is 0 Å². The van der Waals surface area contributed by atoms with Crippen molar-refractivity contribution in [2.75, 3.05) is 18.2 Å². The molecule has 2 atom stereocenters. The van der Waals surface area contributed by atoms with Gasteiger partial charge < -0.3 is 15.8 Å². The lowest BCUT2D eigenvalue weighted by Gasteiger charge is -2.32. The Kier molecular flexibility index (Phi) is 3.94. The van der Waals surface area contributed by atoms with Crippen molar-refractivity contribution >= 4 is 11.5 Å². The first kappa shape index (κ1) is 13.0. The molecular formula is C14H23N3O. The van der Waals surface area contributed by atoms with Crippen molar-refractivity contribution in [3.63, 3.8) is 0 Å². The first-order valence-electron chi connectivity index (χ1n) is 6.65. The summed E-state index contributed by atoms with van der Waals surface area (Å²) in [6, 6.07) is 4.26. The summed E-state index contributed by atoms with van der Waals surface area (Å²) in [7, 11) is 1.59. The molecule has 2 rings (SSSR count). The van der Waals surface area contributed by atoms with E-state index in [-0.39, 0.29) is 0 Å². The normalized spacial score (nSPS) is 27.8. The predicted octanol–water partition coefficient (Wildman–Crippen LogP) is 2.91. The smallest absolute Gasteiger partial charge is 0.238 e. The highest BCUT2D eigenvalue weighted by atomic mass is 16.5. The molecule has 4 nitrogen and oxygen atoms in total. The van der Waals surface area contributed by atoms with Crippen molar-refractivity contribution in [3.05, 3.63) is 12.1 Å². The molecule has 1 saturated carbocycles. The summed E-state index contributed by atoms with van der Waals surface area (Å²) >= 11 is 0. The van der Waals surface area contributed by atoms with Crippen molar-refractivity contribution in [2.24, 2.45) is 11.8 Å². The molecule has 4 heteroatoms. The van der Waals surface area contributed by atoms with E-state index in [0.29, 0.717) is 17.6 Å². The third kappa shape index (κ3) is 3.06. The molecule has 1 aliphatic rings. The van der Waals surface area contributed by atoms with Gasteiger partial charge in [0.15, 0.2) is 0 Å². The van der Waals surface area contributed by atoms with Crippen LogP contribution in [-0.4, -0.2) is 18.1 Å². The van der Waals surface area contributed by atoms with Gasteiger partial charge in [-0.05, 0) is 43.2 Å². The second-order valence-corrected chi connectivity index (χ2v) is 5.55. The van der Waals surface area contributed by atoms with E-state index in [2.05, 4.69) is 24.1 Å². The number of aromatic nitrogens is 1. The standard InChI is InChI=1S/C14H23N3O/c1-9-6-10(2)8-11(7-9)16-13-5-4-12(15)14(17-13)18-3/h4-5,9-11H,6-8,15H2,1-3H3,(H,16,17). The van der Waals surface area contributed by atoms with Crippen LogP contribution in [0.3, 0.4) is 0 Å². The van der Waals surface area contributed by atoms with Crippen molar-refractivity contribution in [2.45, 2.75) is 39.2 Å². The molecule has 1 aromatic rings. The second-order valence-electron chi connectivity index (χ2n) is 5.55. The van der Waals surface area contributed by atoms with E-state index in [9.17, 15) is 0 Å². The zero-order valence-corrected chi connectivity index (χ0v) is 11.4. The average Bonchev–Trinajstić information content (AvgIpc) is 2.30. The Balaban J connectivity index is 2.04. The highest BCUT2D eigenvalue weighted by Crippen LogP contribution is 2.30. The van der Waals surface area contributed by atoms with Crippen molar-refractivity contribution in [1.29, 1.82) is 0 Å². The van der Waals surface area contributed by atoms with Gasteiger partial charge in [0.05, 0.1) is 12.8 Å². The molecule has 1 aliphatic carbocycles. The average molecular weight is 249 g/mol. The number of hydrogen-bond acceptors (Lipinski definition) is 4. The van der Waals surface area contributed by atoms with E-state index in [1.165, 1.54) is 19.3 Å². The number of nitrogens with two attached hydrogens (primary N) is 1. The Morgan fingerprint density at radius 2 is 1.89 bits per heavy atom. The SMILES string of the molecule is COc1nc(NC2CC(C)CC(C)C2)ccc1N. The topological polar surface area (TPSA) is 60.2 Å². The van der Waals surface area contributed by atoms with Crippen LogP contribution in [0, 0.1) is 11.8 Å². The Labute approximate surface area is 109 Å². The fourth-order valence-electron chi connectivity index (χ4n) is 2.97. The second kappa shape index (κ2) is 5.46. The van der Waals surface area contributed by atoms with Crippen molar-refractivity contribution in [3.8, 4) is 5.88 Å². The Morgan fingerprint density at radius 3 is 2.50 bits per heavy atom. The number of methoxy groups -OCH3 is 1. The van der Waals surface area contributed by atoms with E-state index in [4.69, 9.17) is 10.5 Å². The zero-order valence-electron chi connectivity index (χ0n) is 11.4. The van der Waals surface area contributed by atoms with Crippen LogP contribution < -0.4 is 15.8 Å². The number of pyridine rings is 1. The number of anilines is 2. The van der Waals surface area contributed by atoms with Gasteiger partial charge in [-0.3, -0.25) is 0 Å². The van der Waals surface area contributed by atoms with Gasteiger partial charge in [-0.2, -0.15) is 4.98 Å². The molecular weight excluding hydrogens is 226 g/mol. The van der Waals surface area contributed by atoms with E-state index in [0.717, 1.165) is 17.7 Å². The van der Waals surface area contributed by atoms with Crippen LogP contribution in [0.2, 0.25) is 0 Å². The number of nitrogen functional groups attached to an aromatic ring is 1. The summed E-state index contributed by atoms with van der Waals surface area (Å²) in [5.41, 5.74) is 6.34.